The first kappa shape index (κ1) is 15.9. The van der Waals surface area contributed by atoms with Gasteiger partial charge in [-0.2, -0.15) is 0 Å². The van der Waals surface area contributed by atoms with Crippen LogP contribution in [0.1, 0.15) is 34.8 Å². The Morgan fingerprint density at radius 1 is 1.35 bits per heavy atom. The molecule has 2 aromatic rings. The molecule has 0 radical (unpaired) electrons. The zero-order valence-corrected chi connectivity index (χ0v) is 13.8. The lowest BCUT2D eigenvalue weighted by Gasteiger charge is -2.38. The molecule has 2 atom stereocenters. The number of halogens is 1. The average molecular weight is 332 g/mol. The molecule has 0 unspecified atom stereocenters. The minimum atomic E-state index is -0.188. The molecule has 3 rings (SSSR count). The molecule has 120 valence electrons. The summed E-state index contributed by atoms with van der Waals surface area (Å²) in [7, 11) is 0. The predicted octanol–water partition coefficient (Wildman–Crippen LogP) is 3.04. The van der Waals surface area contributed by atoms with E-state index in [1.54, 1.807) is 11.1 Å². The van der Waals surface area contributed by atoms with Gasteiger partial charge in [-0.3, -0.25) is 9.78 Å². The second kappa shape index (κ2) is 6.64. The van der Waals surface area contributed by atoms with Gasteiger partial charge in [-0.15, -0.1) is 0 Å². The number of ether oxygens (including phenoxy) is 1. The Labute approximate surface area is 140 Å². The van der Waals surface area contributed by atoms with Crippen LogP contribution in [0, 0.1) is 6.92 Å². The van der Waals surface area contributed by atoms with E-state index in [0.717, 1.165) is 11.3 Å². The van der Waals surface area contributed by atoms with Crippen LogP contribution in [-0.2, 0) is 4.74 Å². The molecular formula is C17H18ClN3O2. The Kier molecular flexibility index (Phi) is 4.59. The van der Waals surface area contributed by atoms with E-state index in [4.69, 9.17) is 16.3 Å². The third-order valence-electron chi connectivity index (χ3n) is 3.91. The maximum Gasteiger partial charge on any atom is 0.274 e. The first-order valence-electron chi connectivity index (χ1n) is 7.51. The molecule has 1 aromatic heterocycles. The summed E-state index contributed by atoms with van der Waals surface area (Å²) < 4.78 is 5.88. The number of hydrogen-bond acceptors (Lipinski definition) is 4. The second-order valence-electron chi connectivity index (χ2n) is 5.73. The first-order valence-corrected chi connectivity index (χ1v) is 7.89. The van der Waals surface area contributed by atoms with E-state index in [0.29, 0.717) is 23.9 Å². The lowest BCUT2D eigenvalue weighted by Crippen LogP contribution is -2.48. The fraction of sp³-hybridized carbons (Fsp3) is 0.353. The molecule has 1 amide bonds. The van der Waals surface area contributed by atoms with Gasteiger partial charge in [0.05, 0.1) is 31.1 Å². The van der Waals surface area contributed by atoms with Crippen LogP contribution in [0.2, 0.25) is 5.02 Å². The number of carbonyl (C=O) groups is 1. The van der Waals surface area contributed by atoms with E-state index in [2.05, 4.69) is 9.97 Å². The van der Waals surface area contributed by atoms with Gasteiger partial charge in [-0.1, -0.05) is 23.7 Å². The number of rotatable bonds is 2. The third-order valence-corrected chi connectivity index (χ3v) is 4.15. The van der Waals surface area contributed by atoms with Gasteiger partial charge in [0.15, 0.2) is 0 Å². The van der Waals surface area contributed by atoms with Crippen LogP contribution in [0.5, 0.6) is 0 Å². The van der Waals surface area contributed by atoms with Crippen molar-refractivity contribution in [1.29, 1.82) is 0 Å². The molecule has 0 N–H and O–H groups in total. The van der Waals surface area contributed by atoms with Crippen molar-refractivity contribution in [3.05, 3.63) is 58.6 Å². The summed E-state index contributed by atoms with van der Waals surface area (Å²) in [5.74, 6) is -0.125. The van der Waals surface area contributed by atoms with E-state index >= 15 is 0 Å². The van der Waals surface area contributed by atoms with Crippen molar-refractivity contribution < 1.29 is 9.53 Å². The Balaban J connectivity index is 1.80. The Bertz CT molecular complexity index is 705. The molecule has 0 saturated carbocycles. The van der Waals surface area contributed by atoms with Crippen LogP contribution >= 0.6 is 11.6 Å². The molecule has 1 aliphatic rings. The molecule has 6 heteroatoms. The molecule has 1 fully saturated rings. The van der Waals surface area contributed by atoms with Crippen LogP contribution in [0.4, 0.5) is 0 Å². The van der Waals surface area contributed by atoms with Crippen LogP contribution < -0.4 is 0 Å². The van der Waals surface area contributed by atoms with Crippen molar-refractivity contribution >= 4 is 17.5 Å². The van der Waals surface area contributed by atoms with E-state index < -0.39 is 0 Å². The minimum Gasteiger partial charge on any atom is -0.370 e. The van der Waals surface area contributed by atoms with E-state index in [9.17, 15) is 4.79 Å². The van der Waals surface area contributed by atoms with Gasteiger partial charge in [0.1, 0.15) is 11.8 Å². The molecule has 23 heavy (non-hydrogen) atoms. The monoisotopic (exact) mass is 331 g/mol. The molecule has 1 aliphatic heterocycles. The Hall–Kier alpha value is -1.98. The summed E-state index contributed by atoms with van der Waals surface area (Å²) in [4.78, 5) is 22.8. The van der Waals surface area contributed by atoms with Gasteiger partial charge in [0, 0.05) is 11.2 Å². The van der Waals surface area contributed by atoms with E-state index in [-0.39, 0.29) is 18.1 Å². The smallest absolute Gasteiger partial charge is 0.274 e. The summed E-state index contributed by atoms with van der Waals surface area (Å²) in [6.07, 6.45) is 2.94. The highest BCUT2D eigenvalue weighted by atomic mass is 35.5. The van der Waals surface area contributed by atoms with Crippen molar-refractivity contribution in [2.24, 2.45) is 0 Å². The highest BCUT2D eigenvalue weighted by Gasteiger charge is 2.31. The molecule has 0 spiro atoms. The summed E-state index contributed by atoms with van der Waals surface area (Å²) in [6.45, 7) is 4.75. The Morgan fingerprint density at radius 3 is 2.87 bits per heavy atom. The van der Waals surface area contributed by atoms with Crippen LogP contribution in [-0.4, -0.2) is 40.0 Å². The zero-order valence-electron chi connectivity index (χ0n) is 13.1. The number of aromatic nitrogens is 2. The SMILES string of the molecule is Cc1cnc(C(=O)N2C[C@@H](c3cccc(Cl)c3)OC[C@H]2C)cn1. The molecule has 0 bridgehead atoms. The van der Waals surface area contributed by atoms with Crippen molar-refractivity contribution in [3.8, 4) is 0 Å². The number of benzene rings is 1. The molecular weight excluding hydrogens is 314 g/mol. The minimum absolute atomic E-state index is 0.0129. The van der Waals surface area contributed by atoms with E-state index in [1.165, 1.54) is 6.20 Å². The van der Waals surface area contributed by atoms with Crippen LogP contribution in [0.15, 0.2) is 36.7 Å². The summed E-state index contributed by atoms with van der Waals surface area (Å²) >= 11 is 6.05. The number of aryl methyl sites for hydroxylation is 1. The zero-order chi connectivity index (χ0) is 16.4. The van der Waals surface area contributed by atoms with Crippen molar-refractivity contribution in [1.82, 2.24) is 14.9 Å². The van der Waals surface area contributed by atoms with Gasteiger partial charge in [-0.25, -0.2) is 4.98 Å². The Morgan fingerprint density at radius 2 is 2.17 bits per heavy atom. The molecule has 1 saturated heterocycles. The predicted molar refractivity (Wildman–Crippen MR) is 87.4 cm³/mol. The van der Waals surface area contributed by atoms with Gasteiger partial charge >= 0.3 is 0 Å². The third kappa shape index (κ3) is 3.51. The fourth-order valence-corrected chi connectivity index (χ4v) is 2.80. The normalized spacial score (nSPS) is 21.3. The van der Waals surface area contributed by atoms with Gasteiger partial charge < -0.3 is 9.64 Å². The molecule has 0 aliphatic carbocycles. The maximum absolute atomic E-state index is 12.7. The number of nitrogens with zero attached hydrogens (tertiary/aromatic N) is 3. The standard InChI is InChI=1S/C17H18ClN3O2/c1-11-7-20-15(8-19-11)17(22)21-9-16(23-10-12(21)2)13-4-3-5-14(18)6-13/h3-8,12,16H,9-10H2,1-2H3/t12-,16+/m1/s1. The van der Waals surface area contributed by atoms with Gasteiger partial charge in [-0.05, 0) is 31.5 Å². The average Bonchev–Trinajstić information content (AvgIpc) is 2.55. The summed E-state index contributed by atoms with van der Waals surface area (Å²) in [5.41, 5.74) is 2.11. The lowest BCUT2D eigenvalue weighted by molar-refractivity contribution is -0.0488. The van der Waals surface area contributed by atoms with Crippen LogP contribution in [0.25, 0.3) is 0 Å². The first-order chi connectivity index (χ1) is 11.0. The van der Waals surface area contributed by atoms with Crippen molar-refractivity contribution in [2.75, 3.05) is 13.2 Å². The highest BCUT2D eigenvalue weighted by molar-refractivity contribution is 6.30. The lowest BCUT2D eigenvalue weighted by atomic mass is 10.1. The number of carbonyl (C=O) groups excluding carboxylic acids is 1. The number of hydrogen-bond donors (Lipinski definition) is 0. The van der Waals surface area contributed by atoms with E-state index in [1.807, 2.05) is 38.1 Å². The molecule has 5 nitrogen and oxygen atoms in total. The largest absolute Gasteiger partial charge is 0.370 e. The quantitative estimate of drug-likeness (QED) is 0.848. The summed E-state index contributed by atoms with van der Waals surface area (Å²) in [5, 5.41) is 0.659. The van der Waals surface area contributed by atoms with Crippen molar-refractivity contribution in [3.63, 3.8) is 0 Å². The number of morpholine rings is 1. The summed E-state index contributed by atoms with van der Waals surface area (Å²) in [6, 6.07) is 7.52. The highest BCUT2D eigenvalue weighted by Crippen LogP contribution is 2.27. The number of amides is 1. The molecule has 1 aromatic carbocycles. The second-order valence-corrected chi connectivity index (χ2v) is 6.16. The van der Waals surface area contributed by atoms with Gasteiger partial charge in [0.25, 0.3) is 5.91 Å². The van der Waals surface area contributed by atoms with Gasteiger partial charge in [0.2, 0.25) is 0 Å². The topological polar surface area (TPSA) is 55.3 Å². The molecule has 2 heterocycles. The van der Waals surface area contributed by atoms with Crippen molar-refractivity contribution in [2.45, 2.75) is 26.0 Å². The fourth-order valence-electron chi connectivity index (χ4n) is 2.60. The van der Waals surface area contributed by atoms with Crippen LogP contribution in [0.3, 0.4) is 0 Å². The maximum atomic E-state index is 12.7.